The minimum atomic E-state index is -0.0293. The van der Waals surface area contributed by atoms with E-state index in [1.807, 2.05) is 12.1 Å². The number of nitrogens with zero attached hydrogens (tertiary/aromatic N) is 1. The van der Waals surface area contributed by atoms with E-state index in [1.165, 1.54) is 0 Å². The predicted octanol–water partition coefficient (Wildman–Crippen LogP) is 3.62. The molecule has 0 amide bonds. The first-order valence-corrected chi connectivity index (χ1v) is 7.36. The van der Waals surface area contributed by atoms with E-state index in [0.717, 1.165) is 4.47 Å². The minimum absolute atomic E-state index is 0.0293. The third-order valence-electron chi connectivity index (χ3n) is 2.58. The summed E-state index contributed by atoms with van der Waals surface area (Å²) in [5.41, 5.74) is 6.53. The van der Waals surface area contributed by atoms with Crippen LogP contribution in [0.5, 0.6) is 0 Å². The Morgan fingerprint density at radius 3 is 2.53 bits per heavy atom. The summed E-state index contributed by atoms with van der Waals surface area (Å²) in [5.74, 6) is 0.438. The van der Waals surface area contributed by atoms with Gasteiger partial charge in [-0.05, 0) is 34.1 Å². The monoisotopic (exact) mass is 403 g/mol. The number of hydrogen-bond donors (Lipinski definition) is 1. The molecule has 0 unspecified atom stereocenters. The molecule has 0 bridgehead atoms. The van der Waals surface area contributed by atoms with Gasteiger partial charge in [0.15, 0.2) is 6.54 Å². The van der Waals surface area contributed by atoms with Crippen molar-refractivity contribution in [2.75, 3.05) is 5.73 Å². The fourth-order valence-corrected chi connectivity index (χ4v) is 2.70. The van der Waals surface area contributed by atoms with Crippen LogP contribution < -0.4 is 10.3 Å². The Morgan fingerprint density at radius 1 is 1.26 bits per heavy atom. The number of carbonyl (C=O) groups excluding carboxylic acids is 1. The predicted molar refractivity (Wildman–Crippen MR) is 82.2 cm³/mol. The molecule has 0 aliphatic carbocycles. The highest BCUT2D eigenvalue weighted by Gasteiger charge is 2.15. The molecule has 2 rings (SSSR count). The van der Waals surface area contributed by atoms with Gasteiger partial charge < -0.3 is 0 Å². The molecule has 2 N–H and O–H groups in total. The molecular weight excluding hydrogens is 395 g/mol. The molecule has 0 spiro atoms. The molecule has 0 saturated carbocycles. The summed E-state index contributed by atoms with van der Waals surface area (Å²) in [6, 6.07) is 8.88. The third kappa shape index (κ3) is 3.55. The maximum Gasteiger partial charge on any atom is 0.287 e. The molecule has 0 saturated heterocycles. The fourth-order valence-electron chi connectivity index (χ4n) is 1.60. The Labute approximate surface area is 132 Å². The Hall–Kier alpha value is -0.910. The topological polar surface area (TPSA) is 47.0 Å². The Balaban J connectivity index is 2.26. The number of anilines is 1. The lowest BCUT2D eigenvalue weighted by atomic mass is 10.1. The van der Waals surface area contributed by atoms with E-state index in [4.69, 9.17) is 17.3 Å². The highest BCUT2D eigenvalue weighted by Crippen LogP contribution is 2.19. The summed E-state index contributed by atoms with van der Waals surface area (Å²) in [5, 5.41) is 0.518. The SMILES string of the molecule is Nc1c(Br)cc(Cl)c[n+]1CC(=O)c1ccc(Br)cc1. The summed E-state index contributed by atoms with van der Waals surface area (Å²) in [7, 11) is 0. The first-order valence-electron chi connectivity index (χ1n) is 5.40. The van der Waals surface area contributed by atoms with Crippen molar-refractivity contribution in [1.29, 1.82) is 0 Å². The van der Waals surface area contributed by atoms with Crippen LogP contribution in [0.25, 0.3) is 0 Å². The molecular formula is C13H10Br2ClN2O+. The van der Waals surface area contributed by atoms with Crippen LogP contribution in [0.4, 0.5) is 5.82 Å². The van der Waals surface area contributed by atoms with Crippen LogP contribution in [-0.4, -0.2) is 5.78 Å². The van der Waals surface area contributed by atoms with Gasteiger partial charge in [-0.3, -0.25) is 10.5 Å². The quantitative estimate of drug-likeness (QED) is 0.626. The number of nitrogens with two attached hydrogens (primary N) is 1. The van der Waals surface area contributed by atoms with Crippen LogP contribution in [0.3, 0.4) is 0 Å². The molecule has 1 heterocycles. The first-order chi connectivity index (χ1) is 8.97. The summed E-state index contributed by atoms with van der Waals surface area (Å²) in [4.78, 5) is 12.2. The molecule has 98 valence electrons. The second-order valence-corrected chi connectivity index (χ2v) is 6.16. The van der Waals surface area contributed by atoms with Gasteiger partial charge in [-0.1, -0.05) is 39.7 Å². The van der Waals surface area contributed by atoms with E-state index < -0.39 is 0 Å². The number of benzene rings is 1. The lowest BCUT2D eigenvalue weighted by Gasteiger charge is -2.05. The largest absolute Gasteiger partial charge is 0.290 e. The molecule has 3 nitrogen and oxygen atoms in total. The highest BCUT2D eigenvalue weighted by atomic mass is 79.9. The van der Waals surface area contributed by atoms with Crippen LogP contribution >= 0.6 is 43.5 Å². The zero-order chi connectivity index (χ0) is 14.0. The molecule has 6 heteroatoms. The average Bonchev–Trinajstić information content (AvgIpc) is 2.36. The Bertz CT molecular complexity index is 629. The molecule has 0 radical (unpaired) electrons. The summed E-state index contributed by atoms with van der Waals surface area (Å²) in [6.45, 7) is 0.145. The van der Waals surface area contributed by atoms with Gasteiger partial charge >= 0.3 is 0 Å². The summed E-state index contributed by atoms with van der Waals surface area (Å²) < 4.78 is 3.22. The van der Waals surface area contributed by atoms with Crippen molar-refractivity contribution in [3.8, 4) is 0 Å². The minimum Gasteiger partial charge on any atom is -0.290 e. The second kappa shape index (κ2) is 6.03. The van der Waals surface area contributed by atoms with Crippen molar-refractivity contribution in [2.24, 2.45) is 0 Å². The standard InChI is InChI=1S/C13H9Br2ClN2O/c14-9-3-1-8(2-4-9)12(19)7-18-6-10(16)5-11(15)13(18)17/h1-6,17H,7H2/p+1. The number of hydrogen-bond acceptors (Lipinski definition) is 2. The number of ketones is 1. The number of aromatic nitrogens is 1. The summed E-state index contributed by atoms with van der Waals surface area (Å²) >= 11 is 12.6. The summed E-state index contributed by atoms with van der Waals surface area (Å²) in [6.07, 6.45) is 1.64. The smallest absolute Gasteiger partial charge is 0.287 e. The van der Waals surface area contributed by atoms with Crippen LogP contribution in [-0.2, 0) is 6.54 Å². The maximum atomic E-state index is 12.2. The van der Waals surface area contributed by atoms with Gasteiger partial charge in [-0.25, -0.2) is 4.57 Å². The number of Topliss-reactive ketones (excluding diaryl/α,β-unsaturated/α-hetero) is 1. The lowest BCUT2D eigenvalue weighted by molar-refractivity contribution is -0.669. The van der Waals surface area contributed by atoms with Gasteiger partial charge in [0.25, 0.3) is 5.82 Å². The Kier molecular flexibility index (Phi) is 4.60. The van der Waals surface area contributed by atoms with Crippen LogP contribution in [0.2, 0.25) is 5.02 Å². The van der Waals surface area contributed by atoms with Gasteiger partial charge in [0.05, 0.1) is 5.02 Å². The zero-order valence-electron chi connectivity index (χ0n) is 9.74. The lowest BCUT2D eigenvalue weighted by Crippen LogP contribution is -2.41. The number of carbonyl (C=O) groups is 1. The highest BCUT2D eigenvalue weighted by molar-refractivity contribution is 9.10. The van der Waals surface area contributed by atoms with Crippen LogP contribution in [0.15, 0.2) is 45.5 Å². The number of halogens is 3. The van der Waals surface area contributed by atoms with Crippen molar-refractivity contribution in [1.82, 2.24) is 0 Å². The number of nitrogen functional groups attached to an aromatic ring is 1. The molecule has 1 aromatic heterocycles. The van der Waals surface area contributed by atoms with E-state index in [0.29, 0.717) is 20.9 Å². The maximum absolute atomic E-state index is 12.2. The zero-order valence-corrected chi connectivity index (χ0v) is 13.7. The molecule has 1 aromatic carbocycles. The number of rotatable bonds is 3. The van der Waals surface area contributed by atoms with E-state index in [-0.39, 0.29) is 12.3 Å². The Morgan fingerprint density at radius 2 is 1.89 bits per heavy atom. The van der Waals surface area contributed by atoms with Gasteiger partial charge in [0.1, 0.15) is 10.7 Å². The molecule has 0 atom stereocenters. The van der Waals surface area contributed by atoms with Crippen molar-refractivity contribution >= 4 is 55.1 Å². The van der Waals surface area contributed by atoms with Gasteiger partial charge in [0.2, 0.25) is 5.78 Å². The van der Waals surface area contributed by atoms with E-state index in [1.54, 1.807) is 29.0 Å². The first kappa shape index (κ1) is 14.5. The second-order valence-electron chi connectivity index (χ2n) is 3.95. The average molecular weight is 405 g/mol. The molecule has 2 aromatic rings. The molecule has 0 aliphatic heterocycles. The van der Waals surface area contributed by atoms with Crippen molar-refractivity contribution in [3.05, 3.63) is 56.1 Å². The fraction of sp³-hybridized carbons (Fsp3) is 0.0769. The third-order valence-corrected chi connectivity index (χ3v) is 3.95. The van der Waals surface area contributed by atoms with E-state index >= 15 is 0 Å². The molecule has 19 heavy (non-hydrogen) atoms. The normalized spacial score (nSPS) is 10.5. The van der Waals surface area contributed by atoms with Gasteiger partial charge in [-0.15, -0.1) is 0 Å². The van der Waals surface area contributed by atoms with Gasteiger partial charge in [-0.2, -0.15) is 0 Å². The number of pyridine rings is 1. The van der Waals surface area contributed by atoms with E-state index in [2.05, 4.69) is 31.9 Å². The van der Waals surface area contributed by atoms with Crippen molar-refractivity contribution < 1.29 is 9.36 Å². The van der Waals surface area contributed by atoms with E-state index in [9.17, 15) is 4.79 Å². The van der Waals surface area contributed by atoms with Crippen molar-refractivity contribution in [3.63, 3.8) is 0 Å². The van der Waals surface area contributed by atoms with Gasteiger partial charge in [0, 0.05) is 10.0 Å². The molecule has 0 fully saturated rings. The molecule has 0 aliphatic rings. The van der Waals surface area contributed by atoms with Crippen LogP contribution in [0, 0.1) is 0 Å². The van der Waals surface area contributed by atoms with Crippen LogP contribution in [0.1, 0.15) is 10.4 Å². The van der Waals surface area contributed by atoms with Crippen molar-refractivity contribution in [2.45, 2.75) is 6.54 Å².